The predicted octanol–water partition coefficient (Wildman–Crippen LogP) is 6.10. The number of ether oxygens (including phenoxy) is 2. The lowest BCUT2D eigenvalue weighted by atomic mass is 10.1. The van der Waals surface area contributed by atoms with Gasteiger partial charge in [-0.1, -0.05) is 46.3 Å². The highest BCUT2D eigenvalue weighted by Gasteiger charge is 2.37. The summed E-state index contributed by atoms with van der Waals surface area (Å²) in [7, 11) is -2.97. The quantitative estimate of drug-likeness (QED) is 0.0896. The summed E-state index contributed by atoms with van der Waals surface area (Å²) in [6.07, 6.45) is -4.00. The number of benzene rings is 1. The number of nitrogens with zero attached hydrogens (tertiary/aromatic N) is 2. The number of esters is 1. The molecule has 1 aromatic carbocycles. The third kappa shape index (κ3) is 7.13. The molecular formula is C18H14Cl3F3N2O7P+. The van der Waals surface area contributed by atoms with Gasteiger partial charge in [0.05, 0.1) is 10.5 Å². The van der Waals surface area contributed by atoms with Crippen LogP contribution in [0.2, 0.25) is 5.02 Å². The van der Waals surface area contributed by atoms with Crippen molar-refractivity contribution in [2.24, 2.45) is 0 Å². The number of carbonyl (C=O) groups excluding carboxylic acids is 1. The summed E-state index contributed by atoms with van der Waals surface area (Å²) in [5.41, 5.74) is -1.47. The van der Waals surface area contributed by atoms with Crippen molar-refractivity contribution in [3.8, 4) is 11.6 Å². The summed E-state index contributed by atoms with van der Waals surface area (Å²) in [5, 5.41) is 10.6. The standard InChI is InChI=1S/C18H14Cl3F3N2O7P/c1-3-9-4-12(26(28)29)14(34(30)32-8-31-16(27)17(2,20)21)6-13(9)33-15-11(19)5-10(7-25-15)18(22,23)24/h4-7H,3,8H2,1-2H3/q+1. The van der Waals surface area contributed by atoms with Crippen LogP contribution in [-0.2, 0) is 31.2 Å². The van der Waals surface area contributed by atoms with E-state index in [2.05, 4.69) is 9.72 Å². The predicted molar refractivity (Wildman–Crippen MR) is 116 cm³/mol. The monoisotopic (exact) mass is 563 g/mol. The second kappa shape index (κ2) is 11.0. The van der Waals surface area contributed by atoms with Gasteiger partial charge in [0.25, 0.3) is 0 Å². The summed E-state index contributed by atoms with van der Waals surface area (Å²) < 4.78 is 64.1. The van der Waals surface area contributed by atoms with Gasteiger partial charge in [-0.3, -0.25) is 10.1 Å². The number of aryl methyl sites for hydroxylation is 1. The number of aromatic nitrogens is 1. The summed E-state index contributed by atoms with van der Waals surface area (Å²) in [5.74, 6) is -1.64. The van der Waals surface area contributed by atoms with Gasteiger partial charge in [-0.15, -0.1) is 0 Å². The Bertz CT molecular complexity index is 1130. The Labute approximate surface area is 206 Å². The molecule has 16 heteroatoms. The second-order valence-electron chi connectivity index (χ2n) is 6.49. The van der Waals surface area contributed by atoms with Crippen LogP contribution >= 0.6 is 42.8 Å². The smallest absolute Gasteiger partial charge is 0.437 e. The number of hydrogen-bond donors (Lipinski definition) is 0. The lowest BCUT2D eigenvalue weighted by Crippen LogP contribution is -2.25. The minimum absolute atomic E-state index is 0.115. The molecular weight excluding hydrogens is 551 g/mol. The molecule has 0 amide bonds. The fourth-order valence-corrected chi connectivity index (χ4v) is 3.51. The van der Waals surface area contributed by atoms with Crippen LogP contribution in [0.5, 0.6) is 11.6 Å². The highest BCUT2D eigenvalue weighted by atomic mass is 35.5. The van der Waals surface area contributed by atoms with Gasteiger partial charge in [0.2, 0.25) is 17.0 Å². The SMILES string of the molecule is CCc1cc([N+](=O)[O-])c([P+](=O)OCOC(=O)C(C)(Cl)Cl)cc1Oc1ncc(C(F)(F)F)cc1Cl. The fraction of sp³-hybridized carbons (Fsp3) is 0.333. The molecule has 0 aliphatic carbocycles. The Balaban J connectivity index is 2.37. The largest absolute Gasteiger partial charge is 0.559 e. The van der Waals surface area contributed by atoms with Crippen LogP contribution in [0.1, 0.15) is 25.0 Å². The molecule has 0 aliphatic rings. The van der Waals surface area contributed by atoms with Gasteiger partial charge in [-0.2, -0.15) is 13.2 Å². The third-order valence-corrected chi connectivity index (χ3v) is 5.66. The molecule has 0 saturated carbocycles. The number of hydrogen-bond acceptors (Lipinski definition) is 8. The molecule has 0 N–H and O–H groups in total. The molecule has 2 aromatic rings. The Kier molecular flexibility index (Phi) is 9.06. The van der Waals surface area contributed by atoms with Crippen molar-refractivity contribution in [2.45, 2.75) is 30.8 Å². The molecule has 0 saturated heterocycles. The van der Waals surface area contributed by atoms with E-state index in [1.54, 1.807) is 6.92 Å². The number of nitro groups is 1. The van der Waals surface area contributed by atoms with E-state index in [-0.39, 0.29) is 17.7 Å². The first kappa shape index (κ1) is 28.0. The van der Waals surface area contributed by atoms with Gasteiger partial charge < -0.3 is 9.47 Å². The van der Waals surface area contributed by atoms with E-state index in [0.717, 1.165) is 19.1 Å². The van der Waals surface area contributed by atoms with Gasteiger partial charge in [0, 0.05) is 23.9 Å². The van der Waals surface area contributed by atoms with E-state index in [0.29, 0.717) is 12.3 Å². The number of alkyl halides is 5. The van der Waals surface area contributed by atoms with Crippen LogP contribution in [0.4, 0.5) is 18.9 Å². The molecule has 0 spiro atoms. The lowest BCUT2D eigenvalue weighted by Gasteiger charge is -2.12. The van der Waals surface area contributed by atoms with Crippen LogP contribution in [0.15, 0.2) is 24.4 Å². The summed E-state index contributed by atoms with van der Waals surface area (Å²) in [6.45, 7) is 1.85. The molecule has 9 nitrogen and oxygen atoms in total. The first-order chi connectivity index (χ1) is 15.6. The average molecular weight is 565 g/mol. The highest BCUT2D eigenvalue weighted by molar-refractivity contribution is 7.48. The maximum Gasteiger partial charge on any atom is 0.559 e. The van der Waals surface area contributed by atoms with E-state index >= 15 is 0 Å². The Hall–Kier alpha value is -2.24. The van der Waals surface area contributed by atoms with Crippen LogP contribution < -0.4 is 10.0 Å². The highest BCUT2D eigenvalue weighted by Crippen LogP contribution is 2.38. The van der Waals surface area contributed by atoms with Crippen molar-refractivity contribution in [3.05, 3.63) is 50.7 Å². The number of pyridine rings is 1. The van der Waals surface area contributed by atoms with Gasteiger partial charge in [0.1, 0.15) is 10.8 Å². The van der Waals surface area contributed by atoms with Crippen molar-refractivity contribution in [1.29, 1.82) is 0 Å². The van der Waals surface area contributed by atoms with Gasteiger partial charge >= 0.3 is 31.2 Å². The maximum atomic E-state index is 12.8. The van der Waals surface area contributed by atoms with E-state index in [1.807, 2.05) is 0 Å². The van der Waals surface area contributed by atoms with Crippen molar-refractivity contribution in [2.75, 3.05) is 6.79 Å². The molecule has 0 aliphatic heterocycles. The molecule has 1 heterocycles. The second-order valence-corrected chi connectivity index (χ2v) is 9.86. The van der Waals surface area contributed by atoms with E-state index in [1.165, 1.54) is 0 Å². The lowest BCUT2D eigenvalue weighted by molar-refractivity contribution is -0.383. The Morgan fingerprint density at radius 3 is 2.41 bits per heavy atom. The first-order valence-electron chi connectivity index (χ1n) is 9.02. The van der Waals surface area contributed by atoms with Gasteiger partial charge in [-0.25, -0.2) is 9.78 Å². The summed E-state index contributed by atoms with van der Waals surface area (Å²) in [4.78, 5) is 25.7. The molecule has 2 rings (SSSR count). The molecule has 34 heavy (non-hydrogen) atoms. The van der Waals surface area contributed by atoms with Crippen LogP contribution in [0, 0.1) is 10.1 Å². The molecule has 184 valence electrons. The first-order valence-corrected chi connectivity index (χ1v) is 11.3. The Morgan fingerprint density at radius 2 is 1.91 bits per heavy atom. The maximum absolute atomic E-state index is 12.8. The van der Waals surface area contributed by atoms with Crippen molar-refractivity contribution in [1.82, 2.24) is 4.98 Å². The summed E-state index contributed by atoms with van der Waals surface area (Å²) in [6, 6.07) is 2.65. The van der Waals surface area contributed by atoms with E-state index < -0.39 is 63.7 Å². The molecule has 1 atom stereocenters. The van der Waals surface area contributed by atoms with Gasteiger partial charge in [-0.05, 0) is 24.0 Å². The number of nitro benzene ring substituents is 1. The van der Waals surface area contributed by atoms with Crippen molar-refractivity contribution in [3.63, 3.8) is 0 Å². The van der Waals surface area contributed by atoms with Crippen molar-refractivity contribution >= 4 is 59.8 Å². The molecule has 0 bridgehead atoms. The number of carbonyl (C=O) groups is 1. The van der Waals surface area contributed by atoms with Crippen LogP contribution in [0.3, 0.4) is 0 Å². The number of rotatable bonds is 9. The fourth-order valence-electron chi connectivity index (χ4n) is 2.35. The zero-order chi connectivity index (χ0) is 25.8. The Morgan fingerprint density at radius 1 is 1.26 bits per heavy atom. The summed E-state index contributed by atoms with van der Waals surface area (Å²) >= 11 is 16.9. The molecule has 1 aromatic heterocycles. The average Bonchev–Trinajstić information content (AvgIpc) is 2.72. The zero-order valence-electron chi connectivity index (χ0n) is 17.2. The topological polar surface area (TPSA) is 118 Å². The minimum atomic E-state index is -4.69. The zero-order valence-corrected chi connectivity index (χ0v) is 20.4. The van der Waals surface area contributed by atoms with Crippen LogP contribution in [-0.4, -0.2) is 27.0 Å². The van der Waals surface area contributed by atoms with Crippen LogP contribution in [0.25, 0.3) is 0 Å². The van der Waals surface area contributed by atoms with Gasteiger partial charge in [0.15, 0.2) is 0 Å². The molecule has 0 radical (unpaired) electrons. The number of halogens is 6. The van der Waals surface area contributed by atoms with Crippen molar-refractivity contribution < 1.29 is 41.5 Å². The normalized spacial score (nSPS) is 12.3. The third-order valence-electron chi connectivity index (χ3n) is 3.99. The minimum Gasteiger partial charge on any atom is -0.437 e. The molecule has 1 unspecified atom stereocenters. The van der Waals surface area contributed by atoms with E-state index in [4.69, 9.17) is 44.1 Å². The van der Waals surface area contributed by atoms with E-state index in [9.17, 15) is 32.6 Å². The molecule has 0 fully saturated rings.